The third kappa shape index (κ3) is 20.4. The van der Waals surface area contributed by atoms with Crippen molar-refractivity contribution in [2.24, 2.45) is 0 Å². The molecule has 0 radical (unpaired) electrons. The van der Waals surface area contributed by atoms with Crippen LogP contribution in [0.15, 0.2) is 48.5 Å². The Hall–Kier alpha value is 0.380. The Morgan fingerprint density at radius 2 is 1.17 bits per heavy atom. The summed E-state index contributed by atoms with van der Waals surface area (Å²) < 4.78 is 0. The molecule has 2 rings (SSSR count). The van der Waals surface area contributed by atoms with Crippen molar-refractivity contribution in [3.05, 3.63) is 59.7 Å². The van der Waals surface area contributed by atoms with Crippen LogP contribution in [-0.2, 0) is 36.2 Å². The first-order valence-electron chi connectivity index (χ1n) is 8.53. The maximum atomic E-state index is 2.31. The van der Waals surface area contributed by atoms with E-state index in [0.717, 1.165) is 0 Å². The van der Waals surface area contributed by atoms with Gasteiger partial charge in [-0.15, -0.1) is 0 Å². The monoisotopic (exact) mass is 460 g/mol. The molecule has 0 saturated heterocycles. The molecule has 0 aliphatic heterocycles. The van der Waals surface area contributed by atoms with Gasteiger partial charge in [0.15, 0.2) is 0 Å². The third-order valence-corrected chi connectivity index (χ3v) is 3.10. The normalized spacial score (nSPS) is 8.58. The fourth-order valence-corrected chi connectivity index (χ4v) is 1.92. The van der Waals surface area contributed by atoms with Gasteiger partial charge >= 0.3 is 41.9 Å². The van der Waals surface area contributed by atoms with E-state index in [1.165, 1.54) is 49.7 Å². The molecule has 0 saturated carbocycles. The van der Waals surface area contributed by atoms with E-state index >= 15 is 0 Å². The number of rotatable bonds is 6. The summed E-state index contributed by atoms with van der Waals surface area (Å²) in [5.74, 6) is 0. The molecule has 2 aromatic carbocycles. The number of hydrogen-bond donors (Lipinski definition) is 0. The first-order chi connectivity index (χ1) is 10.6. The fourth-order valence-electron chi connectivity index (χ4n) is 1.92. The maximum Gasteiger partial charge on any atom is -1.00 e. The predicted molar refractivity (Wildman–Crippen MR) is 98.8 cm³/mol. The smallest absolute Gasteiger partial charge is 1.00 e. The summed E-state index contributed by atoms with van der Waals surface area (Å²) in [4.78, 5) is 0. The predicted octanol–water partition coefficient (Wildman–Crippen LogP) is 0.289. The van der Waals surface area contributed by atoms with Gasteiger partial charge in [-0.1, -0.05) is 52.4 Å². The molecule has 0 nitrogen and oxygen atoms in total. The van der Waals surface area contributed by atoms with Gasteiger partial charge in [-0.05, 0) is 0 Å². The van der Waals surface area contributed by atoms with Crippen LogP contribution < -0.4 is 24.8 Å². The minimum Gasteiger partial charge on any atom is -1.00 e. The molecule has 0 aliphatic carbocycles. The fraction of sp³-hybridized carbons (Fsp3) is 0.500. The van der Waals surface area contributed by atoms with Crippen LogP contribution in [0.1, 0.15) is 50.7 Å². The zero-order valence-electron chi connectivity index (χ0n) is 15.6. The summed E-state index contributed by atoms with van der Waals surface area (Å²) >= 11 is 1.74. The largest absolute Gasteiger partial charge is 1.00 e. The standard InChI is InChI=1S/2C9H13.C2H6Si.2ClH.Zr/c2*1-2-3-6-9-7-4-5-8-9;1-3-2;;;/h2*4-5,7-8H,2-3,6H2,1H3;1-2H3;2*1H;/q2*-1;;;;+2/p-2. The Balaban J connectivity index is -0.000000283. The van der Waals surface area contributed by atoms with Crippen LogP contribution in [0, 0.1) is 0 Å². The van der Waals surface area contributed by atoms with Crippen LogP contribution in [-0.4, -0.2) is 5.43 Å². The van der Waals surface area contributed by atoms with E-state index in [9.17, 15) is 0 Å². The molecule has 0 amide bonds. The van der Waals surface area contributed by atoms with Gasteiger partial charge in [-0.3, -0.25) is 0 Å². The van der Waals surface area contributed by atoms with Crippen molar-refractivity contribution in [1.29, 1.82) is 0 Å². The van der Waals surface area contributed by atoms with Gasteiger partial charge in [0, 0.05) is 0 Å². The number of aryl methyl sites for hydroxylation is 2. The van der Waals surface area contributed by atoms with E-state index in [1.807, 2.05) is 0 Å². The van der Waals surface area contributed by atoms with Crippen LogP contribution in [0.3, 0.4) is 0 Å². The van der Waals surface area contributed by atoms with Crippen molar-refractivity contribution in [2.75, 3.05) is 0 Å². The van der Waals surface area contributed by atoms with Gasteiger partial charge in [0.25, 0.3) is 0 Å². The average Bonchev–Trinajstić information content (AvgIpc) is 3.16. The molecule has 0 N–H and O–H groups in total. The molecule has 0 unspecified atom stereocenters. The second kappa shape index (κ2) is 21.4. The molecule has 0 heterocycles. The number of halogens is 2. The summed E-state index contributed by atoms with van der Waals surface area (Å²) in [5.41, 5.74) is 3.18. The van der Waals surface area contributed by atoms with E-state index in [1.54, 1.807) is 23.3 Å². The van der Waals surface area contributed by atoms with Crippen molar-refractivity contribution in [2.45, 2.75) is 65.5 Å². The molecule has 2 aromatic rings. The summed E-state index contributed by atoms with van der Waals surface area (Å²) in [5, 5.41) is 0. The van der Waals surface area contributed by atoms with Crippen molar-refractivity contribution < 1.29 is 48.1 Å². The van der Waals surface area contributed by atoms with Crippen molar-refractivity contribution in [3.8, 4) is 0 Å². The molecule has 0 aromatic heterocycles. The quantitative estimate of drug-likeness (QED) is 0.428. The first kappa shape index (κ1) is 29.2. The topological polar surface area (TPSA) is 0 Å². The SMILES string of the molecule is CCCCc1cc[cH-]c1.CCCCc1cc[cH-]c1.C[Si](C)=[Zr+2].[Cl-].[Cl-]. The molecule has 0 aliphatic rings. The van der Waals surface area contributed by atoms with Gasteiger partial charge in [0.05, 0.1) is 0 Å². The zero-order chi connectivity index (χ0) is 16.6. The Labute approximate surface area is 177 Å². The van der Waals surface area contributed by atoms with Gasteiger partial charge in [0.2, 0.25) is 0 Å². The Kier molecular flexibility index (Phi) is 26.0. The van der Waals surface area contributed by atoms with Gasteiger partial charge in [-0.25, -0.2) is 12.1 Å². The van der Waals surface area contributed by atoms with E-state index in [0.29, 0.717) is 0 Å². The molecule has 0 atom stereocenters. The van der Waals surface area contributed by atoms with Crippen molar-refractivity contribution in [1.82, 2.24) is 0 Å². The third-order valence-electron chi connectivity index (χ3n) is 3.10. The molecule has 0 bridgehead atoms. The first-order valence-corrected chi connectivity index (χ1v) is 14.7. The number of hydrogen-bond acceptors (Lipinski definition) is 0. The Bertz CT molecular complexity index is 408. The maximum absolute atomic E-state index is 2.31. The van der Waals surface area contributed by atoms with Crippen molar-refractivity contribution >= 4 is 5.43 Å². The van der Waals surface area contributed by atoms with Crippen LogP contribution in [0.5, 0.6) is 0 Å². The second-order valence-corrected chi connectivity index (χ2v) is 15.2. The Morgan fingerprint density at radius 3 is 1.38 bits per heavy atom. The van der Waals surface area contributed by atoms with Gasteiger partial charge < -0.3 is 24.8 Å². The summed E-state index contributed by atoms with van der Waals surface area (Å²) in [6.45, 7) is 9.07. The minimum absolute atomic E-state index is 0. The molecule has 0 fully saturated rings. The van der Waals surface area contributed by atoms with E-state index < -0.39 is 0 Å². The average molecular weight is 463 g/mol. The van der Waals surface area contributed by atoms with E-state index in [-0.39, 0.29) is 30.2 Å². The van der Waals surface area contributed by atoms with Crippen LogP contribution >= 0.6 is 0 Å². The van der Waals surface area contributed by atoms with E-state index in [4.69, 9.17) is 0 Å². The second-order valence-electron chi connectivity index (χ2n) is 5.79. The zero-order valence-corrected chi connectivity index (χ0v) is 20.6. The van der Waals surface area contributed by atoms with Crippen LogP contribution in [0.2, 0.25) is 13.1 Å². The van der Waals surface area contributed by atoms with Crippen LogP contribution in [0.4, 0.5) is 0 Å². The molecule has 0 spiro atoms. The molecule has 24 heavy (non-hydrogen) atoms. The Morgan fingerprint density at radius 1 is 0.833 bits per heavy atom. The minimum atomic E-state index is 0. The number of unbranched alkanes of at least 4 members (excludes halogenated alkanes) is 2. The molecule has 136 valence electrons. The van der Waals surface area contributed by atoms with Crippen molar-refractivity contribution in [3.63, 3.8) is 0 Å². The molecular formula is C20H32Cl2SiZr-2. The molecular weight excluding hydrogens is 430 g/mol. The van der Waals surface area contributed by atoms with E-state index in [2.05, 4.69) is 75.5 Å². The summed E-state index contributed by atoms with van der Waals surface area (Å²) in [7, 11) is 0. The summed E-state index contributed by atoms with van der Waals surface area (Å²) in [6.07, 6.45) is 7.75. The van der Waals surface area contributed by atoms with Gasteiger partial charge in [-0.2, -0.15) is 47.5 Å². The van der Waals surface area contributed by atoms with Gasteiger partial charge in [0.1, 0.15) is 0 Å². The molecule has 4 heteroatoms. The summed E-state index contributed by atoms with van der Waals surface area (Å²) in [6, 6.07) is 17.2. The van der Waals surface area contributed by atoms with Crippen LogP contribution in [0.25, 0.3) is 0 Å².